The Kier molecular flexibility index (Phi) is 4.42. The summed E-state index contributed by atoms with van der Waals surface area (Å²) in [5.41, 5.74) is 0. The van der Waals surface area contributed by atoms with Crippen LogP contribution in [0.3, 0.4) is 0 Å². The van der Waals surface area contributed by atoms with Gasteiger partial charge in [-0.05, 0) is 12.8 Å². The van der Waals surface area contributed by atoms with Gasteiger partial charge in [0.15, 0.2) is 5.79 Å². The van der Waals surface area contributed by atoms with E-state index < -0.39 is 15.8 Å². The maximum absolute atomic E-state index is 11.5. The maximum atomic E-state index is 11.5. The summed E-state index contributed by atoms with van der Waals surface area (Å²) in [5.74, 6) is -0.501. The number of ether oxygens (including phenoxy) is 2. The van der Waals surface area contributed by atoms with E-state index in [1.54, 1.807) is 0 Å². The lowest BCUT2D eigenvalue weighted by Crippen LogP contribution is -2.37. The molecule has 1 heterocycles. The summed E-state index contributed by atoms with van der Waals surface area (Å²) < 4.78 is 37.1. The van der Waals surface area contributed by atoms with Gasteiger partial charge in [0.25, 0.3) is 0 Å². The fourth-order valence-electron chi connectivity index (χ4n) is 2.50. The Morgan fingerprint density at radius 2 is 2.06 bits per heavy atom. The third-order valence-corrected chi connectivity index (χ3v) is 4.68. The van der Waals surface area contributed by atoms with Gasteiger partial charge in [0.05, 0.1) is 18.5 Å². The first kappa shape index (κ1) is 14.0. The Hall–Kier alpha value is -0.430. The molecule has 5 nitrogen and oxygen atoms in total. The van der Waals surface area contributed by atoms with Gasteiger partial charge >= 0.3 is 0 Å². The van der Waals surface area contributed by atoms with Crippen molar-refractivity contribution in [2.45, 2.75) is 44.0 Å². The average molecular weight is 275 g/mol. The van der Waals surface area contributed by atoms with Crippen molar-refractivity contribution < 1.29 is 17.9 Å². The summed E-state index contributed by atoms with van der Waals surface area (Å²) in [6.45, 7) is 4.16. The van der Waals surface area contributed by atoms with Gasteiger partial charge < -0.3 is 9.47 Å². The highest BCUT2D eigenvalue weighted by Gasteiger charge is 2.42. The van der Waals surface area contributed by atoms with Crippen molar-refractivity contribution in [3.05, 3.63) is 12.7 Å². The first-order valence-electron chi connectivity index (χ1n) is 6.45. The molecule has 1 atom stereocenters. The predicted octanol–water partition coefficient (Wildman–Crippen LogP) is 1.17. The Bertz CT molecular complexity index is 387. The van der Waals surface area contributed by atoms with E-state index in [1.165, 1.54) is 12.5 Å². The average Bonchev–Trinajstić information content (AvgIpc) is 2.71. The lowest BCUT2D eigenvalue weighted by Gasteiger charge is -2.31. The molecular weight excluding hydrogens is 254 g/mol. The third kappa shape index (κ3) is 3.54. The zero-order chi connectivity index (χ0) is 13.1. The van der Waals surface area contributed by atoms with Gasteiger partial charge in [-0.1, -0.05) is 12.5 Å². The maximum Gasteiger partial charge on any atom is 0.215 e. The molecule has 1 saturated carbocycles. The summed E-state index contributed by atoms with van der Waals surface area (Å²) in [6, 6.07) is 0. The summed E-state index contributed by atoms with van der Waals surface area (Å²) in [5, 5.41) is 0. The standard InChI is InChI=1S/C12H21NO4S/c1-2-8-18(14,15)13-9-11-10-16-12(17-11)6-4-3-5-7-12/h2,11,13H,1,3-10H2/t11-/m0/s1. The molecule has 0 aromatic rings. The van der Waals surface area contributed by atoms with Gasteiger partial charge in [-0.15, -0.1) is 6.58 Å². The van der Waals surface area contributed by atoms with Crippen molar-refractivity contribution in [2.75, 3.05) is 18.9 Å². The Balaban J connectivity index is 1.81. The first-order valence-corrected chi connectivity index (χ1v) is 8.10. The van der Waals surface area contributed by atoms with E-state index in [-0.39, 0.29) is 18.4 Å². The molecule has 6 heteroatoms. The molecule has 0 aromatic carbocycles. The number of hydrogen-bond acceptors (Lipinski definition) is 4. The fourth-order valence-corrected chi connectivity index (χ4v) is 3.37. The second-order valence-corrected chi connectivity index (χ2v) is 6.79. The molecule has 1 saturated heterocycles. The van der Waals surface area contributed by atoms with Gasteiger partial charge in [-0.3, -0.25) is 0 Å². The zero-order valence-electron chi connectivity index (χ0n) is 10.6. The fraction of sp³-hybridized carbons (Fsp3) is 0.833. The SMILES string of the molecule is C=CCS(=O)(=O)NC[C@H]1COC2(CCCCC2)O1. The van der Waals surface area contributed by atoms with Crippen molar-refractivity contribution in [1.82, 2.24) is 4.72 Å². The molecule has 1 N–H and O–H groups in total. The first-order chi connectivity index (χ1) is 8.55. The van der Waals surface area contributed by atoms with Crippen LogP contribution in [-0.2, 0) is 19.5 Å². The van der Waals surface area contributed by atoms with E-state index in [4.69, 9.17) is 9.47 Å². The lowest BCUT2D eigenvalue weighted by atomic mass is 9.94. The van der Waals surface area contributed by atoms with E-state index in [2.05, 4.69) is 11.3 Å². The van der Waals surface area contributed by atoms with Crippen LogP contribution in [0, 0.1) is 0 Å². The minimum atomic E-state index is -3.27. The van der Waals surface area contributed by atoms with Crippen molar-refractivity contribution in [3.63, 3.8) is 0 Å². The minimum absolute atomic E-state index is 0.0638. The van der Waals surface area contributed by atoms with Crippen LogP contribution in [0.25, 0.3) is 0 Å². The smallest absolute Gasteiger partial charge is 0.215 e. The lowest BCUT2D eigenvalue weighted by molar-refractivity contribution is -0.186. The molecule has 2 aliphatic rings. The van der Waals surface area contributed by atoms with Gasteiger partial charge in [0, 0.05) is 19.4 Å². The molecular formula is C12H21NO4S. The Morgan fingerprint density at radius 1 is 1.33 bits per heavy atom. The normalized spacial score (nSPS) is 27.4. The summed E-state index contributed by atoms with van der Waals surface area (Å²) in [6.07, 6.45) is 6.50. The van der Waals surface area contributed by atoms with E-state index in [9.17, 15) is 8.42 Å². The molecule has 2 rings (SSSR count). The summed E-state index contributed by atoms with van der Waals surface area (Å²) in [7, 11) is -3.27. The molecule has 0 aromatic heterocycles. The molecule has 0 radical (unpaired) electrons. The molecule has 18 heavy (non-hydrogen) atoms. The molecule has 1 aliphatic heterocycles. The van der Waals surface area contributed by atoms with E-state index in [0.717, 1.165) is 25.7 Å². The monoisotopic (exact) mass is 275 g/mol. The molecule has 1 aliphatic carbocycles. The highest BCUT2D eigenvalue weighted by atomic mass is 32.2. The second-order valence-electron chi connectivity index (χ2n) is 4.94. The molecule has 0 unspecified atom stereocenters. The van der Waals surface area contributed by atoms with Crippen molar-refractivity contribution in [3.8, 4) is 0 Å². The van der Waals surface area contributed by atoms with Gasteiger partial charge in [-0.25, -0.2) is 13.1 Å². The van der Waals surface area contributed by atoms with Crippen LogP contribution in [0.2, 0.25) is 0 Å². The van der Waals surface area contributed by atoms with Crippen LogP contribution in [0.15, 0.2) is 12.7 Å². The number of rotatable bonds is 5. The Labute approximate surface area is 109 Å². The van der Waals surface area contributed by atoms with Crippen molar-refractivity contribution >= 4 is 10.0 Å². The van der Waals surface area contributed by atoms with Crippen LogP contribution in [0.4, 0.5) is 0 Å². The quantitative estimate of drug-likeness (QED) is 0.765. The topological polar surface area (TPSA) is 64.6 Å². The van der Waals surface area contributed by atoms with E-state index in [0.29, 0.717) is 6.61 Å². The van der Waals surface area contributed by atoms with Gasteiger partial charge in [-0.2, -0.15) is 0 Å². The minimum Gasteiger partial charge on any atom is -0.347 e. The van der Waals surface area contributed by atoms with Crippen LogP contribution in [-0.4, -0.2) is 39.2 Å². The third-order valence-electron chi connectivity index (χ3n) is 3.40. The molecule has 2 fully saturated rings. The molecule has 0 amide bonds. The highest BCUT2D eigenvalue weighted by molar-refractivity contribution is 7.89. The van der Waals surface area contributed by atoms with Crippen LogP contribution in [0.5, 0.6) is 0 Å². The molecule has 1 spiro atoms. The summed E-state index contributed by atoms with van der Waals surface area (Å²) >= 11 is 0. The summed E-state index contributed by atoms with van der Waals surface area (Å²) in [4.78, 5) is 0. The number of hydrogen-bond donors (Lipinski definition) is 1. The highest BCUT2D eigenvalue weighted by Crippen LogP contribution is 2.37. The van der Waals surface area contributed by atoms with Gasteiger partial charge in [0.2, 0.25) is 10.0 Å². The largest absolute Gasteiger partial charge is 0.347 e. The van der Waals surface area contributed by atoms with Crippen molar-refractivity contribution in [2.24, 2.45) is 0 Å². The zero-order valence-corrected chi connectivity index (χ0v) is 11.4. The van der Waals surface area contributed by atoms with Crippen LogP contribution >= 0.6 is 0 Å². The Morgan fingerprint density at radius 3 is 2.72 bits per heavy atom. The number of sulfonamides is 1. The number of nitrogens with one attached hydrogen (secondary N) is 1. The van der Waals surface area contributed by atoms with E-state index >= 15 is 0 Å². The second kappa shape index (κ2) is 5.69. The molecule has 104 valence electrons. The van der Waals surface area contributed by atoms with E-state index in [1.807, 2.05) is 0 Å². The predicted molar refractivity (Wildman–Crippen MR) is 68.6 cm³/mol. The molecule has 0 bridgehead atoms. The van der Waals surface area contributed by atoms with Crippen LogP contribution < -0.4 is 4.72 Å². The van der Waals surface area contributed by atoms with Crippen LogP contribution in [0.1, 0.15) is 32.1 Å². The van der Waals surface area contributed by atoms with Crippen molar-refractivity contribution in [1.29, 1.82) is 0 Å². The van der Waals surface area contributed by atoms with Gasteiger partial charge in [0.1, 0.15) is 0 Å².